The lowest BCUT2D eigenvalue weighted by molar-refractivity contribution is 0.102. The number of aliphatic hydroxyl groups is 1. The molecule has 4 N–H and O–H groups in total. The van der Waals surface area contributed by atoms with Gasteiger partial charge in [0.25, 0.3) is 5.91 Å². The van der Waals surface area contributed by atoms with Crippen LogP contribution in [0.5, 0.6) is 5.75 Å². The van der Waals surface area contributed by atoms with E-state index in [1.165, 1.54) is 0 Å². The van der Waals surface area contributed by atoms with Crippen molar-refractivity contribution in [2.75, 3.05) is 23.8 Å². The van der Waals surface area contributed by atoms with Gasteiger partial charge in [-0.15, -0.1) is 0 Å². The van der Waals surface area contributed by atoms with Crippen LogP contribution in [0, 0.1) is 6.92 Å². The number of hydrogen-bond acceptors (Lipinski definition) is 5. The number of carbonyl (C=O) groups is 2. The molecule has 0 aliphatic heterocycles. The standard InChI is InChI=1S/C23H24N4O4/c1-16-7-8-18(13-21(16)27-22(29)17-9-11-24-12-10-17)26-23(30)25-14-19(28)15-31-20-5-3-2-4-6-20/h2-13,19,28H,14-15H2,1H3,(H,27,29)(H2,25,26,30)/t19-/m0/s1. The highest BCUT2D eigenvalue weighted by molar-refractivity contribution is 6.05. The predicted molar refractivity (Wildman–Crippen MR) is 118 cm³/mol. The number of nitrogens with one attached hydrogen (secondary N) is 3. The Morgan fingerprint density at radius 1 is 1.03 bits per heavy atom. The van der Waals surface area contributed by atoms with Crippen LogP contribution in [0.2, 0.25) is 0 Å². The second kappa shape index (κ2) is 10.7. The molecule has 31 heavy (non-hydrogen) atoms. The number of nitrogens with zero attached hydrogens (tertiary/aromatic N) is 1. The van der Waals surface area contributed by atoms with E-state index in [-0.39, 0.29) is 19.1 Å². The third kappa shape index (κ3) is 6.83. The topological polar surface area (TPSA) is 113 Å². The van der Waals surface area contributed by atoms with Crippen molar-refractivity contribution < 1.29 is 19.4 Å². The first-order chi connectivity index (χ1) is 15.0. The summed E-state index contributed by atoms with van der Waals surface area (Å²) in [7, 11) is 0. The minimum absolute atomic E-state index is 0.0240. The third-order valence-electron chi connectivity index (χ3n) is 4.37. The second-order valence-electron chi connectivity index (χ2n) is 6.83. The number of aromatic nitrogens is 1. The zero-order chi connectivity index (χ0) is 22.1. The number of anilines is 2. The van der Waals surface area contributed by atoms with E-state index in [9.17, 15) is 14.7 Å². The van der Waals surface area contributed by atoms with Gasteiger partial charge in [-0.3, -0.25) is 9.78 Å². The van der Waals surface area contributed by atoms with Crippen molar-refractivity contribution in [3.05, 3.63) is 84.2 Å². The number of ether oxygens (including phenoxy) is 1. The van der Waals surface area contributed by atoms with Gasteiger partial charge in [0.15, 0.2) is 0 Å². The molecule has 0 saturated heterocycles. The molecular weight excluding hydrogens is 396 g/mol. The van der Waals surface area contributed by atoms with Gasteiger partial charge in [0, 0.05) is 35.9 Å². The van der Waals surface area contributed by atoms with Crippen molar-refractivity contribution >= 4 is 23.3 Å². The minimum atomic E-state index is -0.862. The van der Waals surface area contributed by atoms with E-state index in [1.807, 2.05) is 25.1 Å². The lowest BCUT2D eigenvalue weighted by Crippen LogP contribution is -2.37. The Morgan fingerprint density at radius 3 is 2.52 bits per heavy atom. The number of carbonyl (C=O) groups excluding carboxylic acids is 2. The van der Waals surface area contributed by atoms with Gasteiger partial charge in [-0.05, 0) is 48.9 Å². The first-order valence-electron chi connectivity index (χ1n) is 9.74. The molecule has 0 saturated carbocycles. The molecule has 160 valence electrons. The van der Waals surface area contributed by atoms with Crippen molar-refractivity contribution in [2.24, 2.45) is 0 Å². The highest BCUT2D eigenvalue weighted by Gasteiger charge is 2.11. The van der Waals surface area contributed by atoms with E-state index >= 15 is 0 Å². The van der Waals surface area contributed by atoms with Crippen LogP contribution in [0.3, 0.4) is 0 Å². The van der Waals surface area contributed by atoms with Crippen LogP contribution in [-0.4, -0.2) is 41.3 Å². The molecule has 8 heteroatoms. The number of aliphatic hydroxyl groups excluding tert-OH is 1. The molecule has 0 radical (unpaired) electrons. The molecule has 3 rings (SSSR count). The van der Waals surface area contributed by atoms with Gasteiger partial charge in [-0.2, -0.15) is 0 Å². The van der Waals surface area contributed by atoms with Gasteiger partial charge in [-0.1, -0.05) is 24.3 Å². The average Bonchev–Trinajstić information content (AvgIpc) is 2.79. The number of amides is 3. The second-order valence-corrected chi connectivity index (χ2v) is 6.83. The van der Waals surface area contributed by atoms with Crippen LogP contribution in [0.1, 0.15) is 15.9 Å². The fourth-order valence-electron chi connectivity index (χ4n) is 2.69. The summed E-state index contributed by atoms with van der Waals surface area (Å²) >= 11 is 0. The summed E-state index contributed by atoms with van der Waals surface area (Å²) in [6.07, 6.45) is 2.23. The van der Waals surface area contributed by atoms with Crippen LogP contribution in [-0.2, 0) is 0 Å². The Morgan fingerprint density at radius 2 is 1.77 bits per heavy atom. The number of pyridine rings is 1. The number of benzene rings is 2. The number of hydrogen-bond donors (Lipinski definition) is 4. The van der Waals surface area contributed by atoms with Gasteiger partial charge in [-0.25, -0.2) is 4.79 Å². The molecule has 0 unspecified atom stereocenters. The maximum atomic E-state index is 12.4. The van der Waals surface area contributed by atoms with Gasteiger partial charge in [0.1, 0.15) is 18.5 Å². The quantitative estimate of drug-likeness (QED) is 0.447. The zero-order valence-corrected chi connectivity index (χ0v) is 17.0. The number of para-hydroxylation sites is 1. The van der Waals surface area contributed by atoms with Crippen molar-refractivity contribution in [3.8, 4) is 5.75 Å². The van der Waals surface area contributed by atoms with E-state index in [2.05, 4.69) is 20.9 Å². The van der Waals surface area contributed by atoms with E-state index in [1.54, 1.807) is 54.9 Å². The Kier molecular flexibility index (Phi) is 7.56. The molecule has 0 bridgehead atoms. The van der Waals surface area contributed by atoms with Crippen LogP contribution < -0.4 is 20.7 Å². The van der Waals surface area contributed by atoms with Gasteiger partial charge < -0.3 is 25.8 Å². The molecule has 0 aliphatic carbocycles. The first kappa shape index (κ1) is 21.8. The van der Waals surface area contributed by atoms with Crippen molar-refractivity contribution in [3.63, 3.8) is 0 Å². The number of rotatable bonds is 8. The fourth-order valence-corrected chi connectivity index (χ4v) is 2.69. The lowest BCUT2D eigenvalue weighted by Gasteiger charge is -2.15. The molecule has 1 heterocycles. The summed E-state index contributed by atoms with van der Waals surface area (Å²) in [5.41, 5.74) is 2.41. The SMILES string of the molecule is Cc1ccc(NC(=O)NC[C@H](O)COc2ccccc2)cc1NC(=O)c1ccncc1. The Bertz CT molecular complexity index is 1010. The van der Waals surface area contributed by atoms with Gasteiger partial charge in [0.2, 0.25) is 0 Å². The summed E-state index contributed by atoms with van der Waals surface area (Å²) in [4.78, 5) is 28.4. The minimum Gasteiger partial charge on any atom is -0.491 e. The summed E-state index contributed by atoms with van der Waals surface area (Å²) < 4.78 is 5.45. The molecular formula is C23H24N4O4. The van der Waals surface area contributed by atoms with Crippen LogP contribution in [0.4, 0.5) is 16.2 Å². The third-order valence-corrected chi connectivity index (χ3v) is 4.37. The van der Waals surface area contributed by atoms with E-state index in [4.69, 9.17) is 4.74 Å². The summed E-state index contributed by atoms with van der Waals surface area (Å²) in [6.45, 7) is 1.94. The van der Waals surface area contributed by atoms with Crippen LogP contribution in [0.15, 0.2) is 73.1 Å². The van der Waals surface area contributed by atoms with Crippen molar-refractivity contribution in [1.82, 2.24) is 10.3 Å². The summed E-state index contributed by atoms with van der Waals surface area (Å²) in [6, 6.07) is 17.1. The lowest BCUT2D eigenvalue weighted by atomic mass is 10.1. The molecule has 8 nitrogen and oxygen atoms in total. The van der Waals surface area contributed by atoms with E-state index in [0.29, 0.717) is 22.7 Å². The highest BCUT2D eigenvalue weighted by Crippen LogP contribution is 2.21. The molecule has 3 amide bonds. The molecule has 0 fully saturated rings. The maximum Gasteiger partial charge on any atom is 0.319 e. The highest BCUT2D eigenvalue weighted by atomic mass is 16.5. The van der Waals surface area contributed by atoms with Crippen molar-refractivity contribution in [2.45, 2.75) is 13.0 Å². The normalized spacial score (nSPS) is 11.3. The first-order valence-corrected chi connectivity index (χ1v) is 9.74. The van der Waals surface area contributed by atoms with Crippen molar-refractivity contribution in [1.29, 1.82) is 0 Å². The molecule has 1 atom stereocenters. The van der Waals surface area contributed by atoms with Crippen LogP contribution in [0.25, 0.3) is 0 Å². The average molecular weight is 420 g/mol. The molecule has 2 aromatic carbocycles. The van der Waals surface area contributed by atoms with E-state index in [0.717, 1.165) is 5.56 Å². The summed E-state index contributed by atoms with van der Waals surface area (Å²) in [5, 5.41) is 18.1. The Balaban J connectivity index is 1.49. The summed E-state index contributed by atoms with van der Waals surface area (Å²) in [5.74, 6) is 0.376. The van der Waals surface area contributed by atoms with Gasteiger partial charge in [0.05, 0.1) is 0 Å². The molecule has 1 aromatic heterocycles. The smallest absolute Gasteiger partial charge is 0.319 e. The maximum absolute atomic E-state index is 12.4. The molecule has 0 aliphatic rings. The molecule has 0 spiro atoms. The number of aryl methyl sites for hydroxylation is 1. The van der Waals surface area contributed by atoms with Gasteiger partial charge >= 0.3 is 6.03 Å². The predicted octanol–water partition coefficient (Wildman–Crippen LogP) is 3.20. The van der Waals surface area contributed by atoms with E-state index < -0.39 is 12.1 Å². The Hall–Kier alpha value is -3.91. The molecule has 3 aromatic rings. The zero-order valence-electron chi connectivity index (χ0n) is 17.0. The largest absolute Gasteiger partial charge is 0.491 e. The monoisotopic (exact) mass is 420 g/mol. The van der Waals surface area contributed by atoms with Crippen LogP contribution >= 0.6 is 0 Å². The number of urea groups is 1. The Labute approximate surface area is 180 Å². The fraction of sp³-hybridized carbons (Fsp3) is 0.174.